The highest BCUT2D eigenvalue weighted by Crippen LogP contribution is 2.21. The van der Waals surface area contributed by atoms with Crippen LogP contribution in [0.25, 0.3) is 0 Å². The number of rotatable bonds is 5. The van der Waals surface area contributed by atoms with Crippen molar-refractivity contribution in [3.63, 3.8) is 0 Å². The summed E-state index contributed by atoms with van der Waals surface area (Å²) < 4.78 is 0. The van der Waals surface area contributed by atoms with Crippen LogP contribution in [0, 0.1) is 13.8 Å². The molecule has 1 heterocycles. The predicted octanol–water partition coefficient (Wildman–Crippen LogP) is 4.22. The molecule has 1 aromatic carbocycles. The summed E-state index contributed by atoms with van der Waals surface area (Å²) in [6.45, 7) is 12.8. The van der Waals surface area contributed by atoms with E-state index >= 15 is 0 Å². The topological polar surface area (TPSA) is 15.3 Å². The Kier molecular flexibility index (Phi) is 6.25. The molecule has 0 radical (unpaired) electrons. The van der Waals surface area contributed by atoms with E-state index in [1.54, 1.807) is 0 Å². The van der Waals surface area contributed by atoms with Crippen LogP contribution in [0.5, 0.6) is 0 Å². The van der Waals surface area contributed by atoms with Crippen LogP contribution in [0.1, 0.15) is 62.3 Å². The molecule has 0 aliphatic carbocycles. The number of nitrogens with zero attached hydrogens (tertiary/aromatic N) is 1. The van der Waals surface area contributed by atoms with Gasteiger partial charge in [-0.05, 0) is 77.2 Å². The van der Waals surface area contributed by atoms with Gasteiger partial charge in [-0.15, -0.1) is 0 Å². The highest BCUT2D eigenvalue weighted by atomic mass is 15.1. The molecule has 2 unspecified atom stereocenters. The second kappa shape index (κ2) is 7.95. The van der Waals surface area contributed by atoms with Crippen molar-refractivity contribution in [1.29, 1.82) is 0 Å². The van der Waals surface area contributed by atoms with E-state index in [2.05, 4.69) is 56.1 Å². The lowest BCUT2D eigenvalue weighted by molar-refractivity contribution is 0.281. The molecule has 2 atom stereocenters. The highest BCUT2D eigenvalue weighted by molar-refractivity contribution is 5.32. The number of aryl methyl sites for hydroxylation is 2. The van der Waals surface area contributed by atoms with Crippen LogP contribution < -0.4 is 5.32 Å². The predicted molar refractivity (Wildman–Crippen MR) is 91.8 cm³/mol. The van der Waals surface area contributed by atoms with Gasteiger partial charge in [-0.25, -0.2) is 0 Å². The quantitative estimate of drug-likeness (QED) is 0.872. The monoisotopic (exact) mass is 288 g/mol. The molecule has 1 saturated heterocycles. The molecule has 21 heavy (non-hydrogen) atoms. The van der Waals surface area contributed by atoms with Crippen LogP contribution >= 0.6 is 0 Å². The van der Waals surface area contributed by atoms with Crippen molar-refractivity contribution in [3.05, 3.63) is 34.9 Å². The minimum atomic E-state index is 0.452. The van der Waals surface area contributed by atoms with Gasteiger partial charge in [0, 0.05) is 12.1 Å². The fraction of sp³-hybridized carbons (Fsp3) is 0.684. The summed E-state index contributed by atoms with van der Waals surface area (Å²) in [5.74, 6) is 0. The normalized spacial score (nSPS) is 22.0. The Bertz CT molecular complexity index is 441. The first-order valence-corrected chi connectivity index (χ1v) is 8.65. The average molecular weight is 288 g/mol. The fourth-order valence-corrected chi connectivity index (χ4v) is 3.53. The van der Waals surface area contributed by atoms with E-state index in [0.29, 0.717) is 12.1 Å². The standard InChI is InChI=1S/C19H32N2/c1-5-11-21-12-6-7-18(10-13-21)20-17(4)19-14-15(2)8-9-16(19)3/h8-9,14,17-18,20H,5-7,10-13H2,1-4H3. The van der Waals surface area contributed by atoms with Crippen LogP contribution in [-0.2, 0) is 0 Å². The molecular weight excluding hydrogens is 256 g/mol. The van der Waals surface area contributed by atoms with Crippen LogP contribution in [0.15, 0.2) is 18.2 Å². The molecule has 1 aliphatic rings. The Hall–Kier alpha value is -0.860. The summed E-state index contributed by atoms with van der Waals surface area (Å²) in [6, 6.07) is 7.92. The van der Waals surface area contributed by atoms with Gasteiger partial charge in [0.05, 0.1) is 0 Å². The molecule has 0 amide bonds. The molecule has 1 aliphatic heterocycles. The van der Waals surface area contributed by atoms with Gasteiger partial charge in [0.2, 0.25) is 0 Å². The van der Waals surface area contributed by atoms with E-state index in [1.807, 2.05) is 0 Å². The number of benzene rings is 1. The lowest BCUT2D eigenvalue weighted by Crippen LogP contribution is -2.33. The Morgan fingerprint density at radius 3 is 2.81 bits per heavy atom. The van der Waals surface area contributed by atoms with Crippen molar-refractivity contribution < 1.29 is 0 Å². The number of hydrogen-bond acceptors (Lipinski definition) is 2. The minimum absolute atomic E-state index is 0.452. The maximum absolute atomic E-state index is 3.88. The van der Waals surface area contributed by atoms with Crippen molar-refractivity contribution >= 4 is 0 Å². The summed E-state index contributed by atoms with van der Waals surface area (Å²) >= 11 is 0. The molecule has 2 nitrogen and oxygen atoms in total. The van der Waals surface area contributed by atoms with E-state index in [9.17, 15) is 0 Å². The van der Waals surface area contributed by atoms with E-state index in [0.717, 1.165) is 0 Å². The number of hydrogen-bond donors (Lipinski definition) is 1. The lowest BCUT2D eigenvalue weighted by atomic mass is 9.98. The third-order valence-corrected chi connectivity index (χ3v) is 4.75. The summed E-state index contributed by atoms with van der Waals surface area (Å²) in [7, 11) is 0. The fourth-order valence-electron chi connectivity index (χ4n) is 3.53. The zero-order valence-electron chi connectivity index (χ0n) is 14.3. The van der Waals surface area contributed by atoms with Crippen LogP contribution in [0.4, 0.5) is 0 Å². The average Bonchev–Trinajstić information content (AvgIpc) is 2.67. The second-order valence-corrected chi connectivity index (χ2v) is 6.72. The van der Waals surface area contributed by atoms with Gasteiger partial charge in [0.1, 0.15) is 0 Å². The minimum Gasteiger partial charge on any atom is -0.307 e. The molecular formula is C19H32N2. The maximum atomic E-state index is 3.88. The maximum Gasteiger partial charge on any atom is 0.0297 e. The third kappa shape index (κ3) is 4.82. The summed E-state index contributed by atoms with van der Waals surface area (Å²) in [5, 5.41) is 3.88. The van der Waals surface area contributed by atoms with Gasteiger partial charge < -0.3 is 10.2 Å². The van der Waals surface area contributed by atoms with Gasteiger partial charge in [-0.1, -0.05) is 30.7 Å². The number of likely N-dealkylation sites (tertiary alicyclic amines) is 1. The first-order valence-electron chi connectivity index (χ1n) is 8.65. The zero-order chi connectivity index (χ0) is 15.2. The van der Waals surface area contributed by atoms with Crippen molar-refractivity contribution in [2.24, 2.45) is 0 Å². The van der Waals surface area contributed by atoms with Crippen molar-refractivity contribution in [1.82, 2.24) is 10.2 Å². The second-order valence-electron chi connectivity index (χ2n) is 6.72. The Balaban J connectivity index is 1.93. The van der Waals surface area contributed by atoms with Crippen LogP contribution in [0.2, 0.25) is 0 Å². The van der Waals surface area contributed by atoms with Crippen LogP contribution in [0.3, 0.4) is 0 Å². The summed E-state index contributed by atoms with van der Waals surface area (Å²) in [4.78, 5) is 2.63. The number of nitrogens with one attached hydrogen (secondary N) is 1. The van der Waals surface area contributed by atoms with Gasteiger partial charge in [-0.3, -0.25) is 0 Å². The molecule has 1 aromatic rings. The third-order valence-electron chi connectivity index (χ3n) is 4.75. The first kappa shape index (κ1) is 16.5. The molecule has 1 N–H and O–H groups in total. The first-order chi connectivity index (χ1) is 10.1. The van der Waals surface area contributed by atoms with Gasteiger partial charge in [0.25, 0.3) is 0 Å². The Morgan fingerprint density at radius 2 is 2.05 bits per heavy atom. The van der Waals surface area contributed by atoms with Gasteiger partial charge in [0.15, 0.2) is 0 Å². The van der Waals surface area contributed by atoms with Crippen LogP contribution in [-0.4, -0.2) is 30.6 Å². The molecule has 0 saturated carbocycles. The molecule has 0 spiro atoms. The Morgan fingerprint density at radius 1 is 1.24 bits per heavy atom. The molecule has 118 valence electrons. The van der Waals surface area contributed by atoms with E-state index in [-0.39, 0.29) is 0 Å². The Labute approximate surface area is 130 Å². The largest absolute Gasteiger partial charge is 0.307 e. The van der Waals surface area contributed by atoms with Crippen molar-refractivity contribution in [3.8, 4) is 0 Å². The van der Waals surface area contributed by atoms with Gasteiger partial charge >= 0.3 is 0 Å². The summed E-state index contributed by atoms with van der Waals surface area (Å²) in [5.41, 5.74) is 4.23. The zero-order valence-corrected chi connectivity index (χ0v) is 14.3. The molecule has 1 fully saturated rings. The lowest BCUT2D eigenvalue weighted by Gasteiger charge is -2.24. The SMILES string of the molecule is CCCN1CCCC(NC(C)c2cc(C)ccc2C)CC1. The smallest absolute Gasteiger partial charge is 0.0297 e. The van der Waals surface area contributed by atoms with Crippen molar-refractivity contribution in [2.45, 2.75) is 65.5 Å². The molecule has 2 heteroatoms. The van der Waals surface area contributed by atoms with E-state index in [4.69, 9.17) is 0 Å². The highest BCUT2D eigenvalue weighted by Gasteiger charge is 2.19. The summed E-state index contributed by atoms with van der Waals surface area (Å²) in [6.07, 6.45) is 5.21. The van der Waals surface area contributed by atoms with E-state index < -0.39 is 0 Å². The molecule has 2 rings (SSSR count). The van der Waals surface area contributed by atoms with Gasteiger partial charge in [-0.2, -0.15) is 0 Å². The van der Waals surface area contributed by atoms with Crippen molar-refractivity contribution in [2.75, 3.05) is 19.6 Å². The van der Waals surface area contributed by atoms with E-state index in [1.165, 1.54) is 62.0 Å². The molecule has 0 bridgehead atoms. The molecule has 0 aromatic heterocycles.